The molecule has 6 heteroatoms. The molecule has 2 aromatic heterocycles. The average molecular weight is 427 g/mol. The molecule has 1 N–H and O–H groups in total. The molecular formula is C26H26N4O2. The maximum Gasteiger partial charge on any atom is 0.258 e. The topological polar surface area (TPSA) is 71.2 Å². The Labute approximate surface area is 186 Å². The summed E-state index contributed by atoms with van der Waals surface area (Å²) >= 11 is 0. The van der Waals surface area contributed by atoms with Gasteiger partial charge in [0.05, 0.1) is 18.8 Å². The second kappa shape index (κ2) is 9.02. The fourth-order valence-corrected chi connectivity index (χ4v) is 4.53. The van der Waals surface area contributed by atoms with Crippen LogP contribution in [0.15, 0.2) is 78.0 Å². The van der Waals surface area contributed by atoms with Gasteiger partial charge in [0.2, 0.25) is 0 Å². The molecule has 1 atom stereocenters. The van der Waals surface area contributed by atoms with Crippen LogP contribution in [0, 0.1) is 0 Å². The first-order valence-electron chi connectivity index (χ1n) is 11.0. The molecule has 0 radical (unpaired) electrons. The van der Waals surface area contributed by atoms with Crippen molar-refractivity contribution in [3.05, 3.63) is 106 Å². The van der Waals surface area contributed by atoms with Crippen molar-refractivity contribution in [2.45, 2.75) is 32.0 Å². The van der Waals surface area contributed by atoms with E-state index >= 15 is 0 Å². The van der Waals surface area contributed by atoms with Crippen molar-refractivity contribution >= 4 is 10.8 Å². The van der Waals surface area contributed by atoms with Gasteiger partial charge in [-0.2, -0.15) is 10.2 Å². The fraction of sp³-hybridized carbons (Fsp3) is 0.269. The number of hydrogen-bond acceptors (Lipinski definition) is 5. The van der Waals surface area contributed by atoms with E-state index in [9.17, 15) is 9.90 Å². The van der Waals surface area contributed by atoms with Crippen LogP contribution in [0.1, 0.15) is 22.3 Å². The van der Waals surface area contributed by atoms with Crippen LogP contribution in [0.3, 0.4) is 0 Å². The Morgan fingerprint density at radius 1 is 0.969 bits per heavy atom. The van der Waals surface area contributed by atoms with E-state index < -0.39 is 6.10 Å². The number of rotatable bonds is 6. The van der Waals surface area contributed by atoms with Crippen LogP contribution >= 0.6 is 0 Å². The molecule has 0 saturated carbocycles. The average Bonchev–Trinajstić information content (AvgIpc) is 2.82. The normalized spacial score (nSPS) is 14.9. The summed E-state index contributed by atoms with van der Waals surface area (Å²) in [5.41, 5.74) is 4.75. The van der Waals surface area contributed by atoms with E-state index in [1.807, 2.05) is 30.3 Å². The molecule has 1 unspecified atom stereocenters. The largest absolute Gasteiger partial charge is 0.390 e. The van der Waals surface area contributed by atoms with Gasteiger partial charge in [-0.1, -0.05) is 36.4 Å². The van der Waals surface area contributed by atoms with Crippen LogP contribution in [0.25, 0.3) is 10.8 Å². The Bertz CT molecular complexity index is 1290. The molecule has 0 bridgehead atoms. The summed E-state index contributed by atoms with van der Waals surface area (Å²) in [6.07, 6.45) is 6.27. The van der Waals surface area contributed by atoms with Gasteiger partial charge in [0.15, 0.2) is 0 Å². The van der Waals surface area contributed by atoms with Crippen molar-refractivity contribution in [3.8, 4) is 0 Å². The Morgan fingerprint density at radius 3 is 2.69 bits per heavy atom. The van der Waals surface area contributed by atoms with E-state index in [0.29, 0.717) is 18.4 Å². The highest BCUT2D eigenvalue weighted by atomic mass is 16.3. The van der Waals surface area contributed by atoms with Crippen molar-refractivity contribution in [1.82, 2.24) is 19.7 Å². The molecule has 6 nitrogen and oxygen atoms in total. The molecule has 0 amide bonds. The van der Waals surface area contributed by atoms with E-state index in [0.717, 1.165) is 36.0 Å². The molecule has 4 aromatic rings. The van der Waals surface area contributed by atoms with Crippen molar-refractivity contribution in [1.29, 1.82) is 0 Å². The number of nitrogens with zero attached hydrogens (tertiary/aromatic N) is 4. The molecule has 1 aliphatic heterocycles. The Hall–Kier alpha value is -3.35. The van der Waals surface area contributed by atoms with Crippen molar-refractivity contribution < 1.29 is 5.11 Å². The van der Waals surface area contributed by atoms with Gasteiger partial charge >= 0.3 is 0 Å². The predicted octanol–water partition coefficient (Wildman–Crippen LogP) is 2.80. The van der Waals surface area contributed by atoms with Gasteiger partial charge in [-0.05, 0) is 58.7 Å². The summed E-state index contributed by atoms with van der Waals surface area (Å²) in [7, 11) is 0. The minimum atomic E-state index is -0.610. The van der Waals surface area contributed by atoms with E-state index in [1.54, 1.807) is 23.2 Å². The first kappa shape index (κ1) is 20.5. The van der Waals surface area contributed by atoms with Crippen LogP contribution in [0.4, 0.5) is 0 Å². The summed E-state index contributed by atoms with van der Waals surface area (Å²) < 4.78 is 1.63. The molecule has 5 rings (SSSR count). The van der Waals surface area contributed by atoms with Crippen LogP contribution in [0.5, 0.6) is 0 Å². The van der Waals surface area contributed by atoms with Gasteiger partial charge in [0, 0.05) is 37.4 Å². The van der Waals surface area contributed by atoms with Gasteiger partial charge in [-0.25, -0.2) is 0 Å². The number of β-amino-alcohol motifs (C(OH)–C–C–N with tert-alkyl or cyclic N) is 1. The minimum Gasteiger partial charge on any atom is -0.390 e. The second-order valence-electron chi connectivity index (χ2n) is 8.53. The van der Waals surface area contributed by atoms with Gasteiger partial charge in [0.25, 0.3) is 5.56 Å². The standard InChI is InChI=1S/C26H26N4O2/c31-24(17-29-11-8-21-3-1-2-4-23(21)16-29)18-30-12-9-22-6-5-19(14-25(22)26(30)32)13-20-7-10-27-28-15-20/h1-7,9-10,12,14-15,24,31H,8,11,13,16-18H2. The zero-order valence-corrected chi connectivity index (χ0v) is 17.9. The quantitative estimate of drug-likeness (QED) is 0.513. The fourth-order valence-electron chi connectivity index (χ4n) is 4.53. The summed E-state index contributed by atoms with van der Waals surface area (Å²) in [5.74, 6) is 0. The number of aromatic nitrogens is 3. The maximum absolute atomic E-state index is 13.1. The smallest absolute Gasteiger partial charge is 0.258 e. The summed E-state index contributed by atoms with van der Waals surface area (Å²) in [5, 5.41) is 20.0. The van der Waals surface area contributed by atoms with Gasteiger partial charge in [-0.15, -0.1) is 0 Å². The van der Waals surface area contributed by atoms with Crippen LogP contribution in [0.2, 0.25) is 0 Å². The molecule has 0 spiro atoms. The highest BCUT2D eigenvalue weighted by molar-refractivity contribution is 5.82. The zero-order valence-electron chi connectivity index (χ0n) is 17.9. The highest BCUT2D eigenvalue weighted by Gasteiger charge is 2.19. The molecule has 162 valence electrons. The summed E-state index contributed by atoms with van der Waals surface area (Å²) in [4.78, 5) is 15.4. The third-order valence-corrected chi connectivity index (χ3v) is 6.18. The molecular weight excluding hydrogens is 400 g/mol. The Kier molecular flexibility index (Phi) is 5.79. The van der Waals surface area contributed by atoms with Crippen LogP contribution in [-0.4, -0.2) is 44.0 Å². The number of fused-ring (bicyclic) bond motifs is 2. The monoisotopic (exact) mass is 426 g/mol. The third-order valence-electron chi connectivity index (χ3n) is 6.18. The van der Waals surface area contributed by atoms with E-state index in [-0.39, 0.29) is 12.1 Å². The van der Waals surface area contributed by atoms with Crippen molar-refractivity contribution in [2.24, 2.45) is 0 Å². The number of aliphatic hydroxyl groups is 1. The molecule has 2 aromatic carbocycles. The second-order valence-corrected chi connectivity index (χ2v) is 8.53. The van der Waals surface area contributed by atoms with Crippen molar-refractivity contribution in [2.75, 3.05) is 13.1 Å². The highest BCUT2D eigenvalue weighted by Crippen LogP contribution is 2.19. The van der Waals surface area contributed by atoms with Gasteiger partial charge in [0.1, 0.15) is 0 Å². The molecule has 32 heavy (non-hydrogen) atoms. The van der Waals surface area contributed by atoms with Gasteiger partial charge in [-0.3, -0.25) is 9.69 Å². The Balaban J connectivity index is 1.30. The van der Waals surface area contributed by atoms with Crippen LogP contribution < -0.4 is 5.56 Å². The first-order valence-corrected chi connectivity index (χ1v) is 11.0. The van der Waals surface area contributed by atoms with E-state index in [4.69, 9.17) is 0 Å². The van der Waals surface area contributed by atoms with Crippen LogP contribution in [-0.2, 0) is 25.9 Å². The lowest BCUT2D eigenvalue weighted by atomic mass is 10.00. The lowest BCUT2D eigenvalue weighted by molar-refractivity contribution is 0.0911. The number of pyridine rings is 1. The lowest BCUT2D eigenvalue weighted by Gasteiger charge is -2.30. The molecule has 1 aliphatic rings. The minimum absolute atomic E-state index is 0.0692. The third kappa shape index (κ3) is 4.47. The van der Waals surface area contributed by atoms with E-state index in [2.05, 4.69) is 39.4 Å². The summed E-state index contributed by atoms with van der Waals surface area (Å²) in [6, 6.07) is 18.3. The molecule has 0 saturated heterocycles. The SMILES string of the molecule is O=c1c2cc(Cc3ccnnc3)ccc2ccn1CC(O)CN1CCc2ccccc2C1. The van der Waals surface area contributed by atoms with Crippen molar-refractivity contribution in [3.63, 3.8) is 0 Å². The van der Waals surface area contributed by atoms with Gasteiger partial charge < -0.3 is 9.67 Å². The number of benzene rings is 2. The Morgan fingerprint density at radius 2 is 1.84 bits per heavy atom. The predicted molar refractivity (Wildman–Crippen MR) is 124 cm³/mol. The zero-order chi connectivity index (χ0) is 21.9. The lowest BCUT2D eigenvalue weighted by Crippen LogP contribution is -2.39. The summed E-state index contributed by atoms with van der Waals surface area (Å²) in [6.45, 7) is 2.60. The molecule has 0 fully saturated rings. The first-order chi connectivity index (χ1) is 15.7. The number of hydrogen-bond donors (Lipinski definition) is 1. The van der Waals surface area contributed by atoms with E-state index in [1.165, 1.54) is 11.1 Å². The number of aliphatic hydroxyl groups excluding tert-OH is 1. The molecule has 0 aliphatic carbocycles. The molecule has 3 heterocycles. The maximum atomic E-state index is 13.1.